The van der Waals surface area contributed by atoms with Crippen LogP contribution in [0.3, 0.4) is 0 Å². The zero-order valence-corrected chi connectivity index (χ0v) is 82.5. The van der Waals surface area contributed by atoms with Gasteiger partial charge in [0.05, 0.1) is 0 Å². The van der Waals surface area contributed by atoms with Crippen LogP contribution in [0.4, 0.5) is 0 Å². The van der Waals surface area contributed by atoms with E-state index in [2.05, 4.69) is 322 Å². The first-order valence-corrected chi connectivity index (χ1v) is 50.5. The van der Waals surface area contributed by atoms with Crippen LogP contribution in [0.15, 0.2) is 436 Å². The van der Waals surface area contributed by atoms with Gasteiger partial charge in [0.2, 0.25) is 0 Å². The lowest BCUT2D eigenvalue weighted by Crippen LogP contribution is -2.17. The Morgan fingerprint density at radius 2 is 0.432 bits per heavy atom. The van der Waals surface area contributed by atoms with Gasteiger partial charge in [-0.1, -0.05) is 383 Å². The minimum Gasteiger partial charge on any atom is -0.456 e. The molecule has 13 heteroatoms. The molecule has 0 aliphatic heterocycles. The van der Waals surface area contributed by atoms with Crippen molar-refractivity contribution < 1.29 is 17.7 Å². The summed E-state index contributed by atoms with van der Waals surface area (Å²) in [4.78, 5) is 45.7. The normalized spacial score (nSPS) is 13.8. The average Bonchev–Trinajstić information content (AvgIpc) is 1.55. The molecule has 26 aromatic rings. The zero-order valence-electron chi connectivity index (χ0n) is 82.5. The Labute approximate surface area is 853 Å². The second-order valence-corrected chi connectivity index (χ2v) is 41.3. The van der Waals surface area contributed by atoms with E-state index in [0.29, 0.717) is 52.4 Å². The fourth-order valence-electron chi connectivity index (χ4n) is 23.8. The number of nitrogens with zero attached hydrogens (tertiary/aromatic N) is 9. The summed E-state index contributed by atoms with van der Waals surface area (Å²) < 4.78 is 25.7. The highest BCUT2D eigenvalue weighted by Gasteiger charge is 2.43. The maximum Gasteiger partial charge on any atom is 0.164 e. The second kappa shape index (κ2) is 33.5. The smallest absolute Gasteiger partial charge is 0.164 e. The fourth-order valence-corrected chi connectivity index (χ4v) is 23.8. The standard InChI is InChI=1S/C51H37N3O.C48H31N3O2.C36H25N3O/c1-50(2)41-22-11-9-19-36(41)46-37(20-13-23-42(46)50)49-53-47(30-14-6-5-7-15-30)52-48(54-49)33-17-12-16-31(26-33)32-24-25-35-39-28-43-38(29-45(39)55-44(35)27-32)34-18-8-10-21-40(34)51(43,3)4;1-48(2)38-19-8-6-16-32(38)36-27-43-37(26-39(36)48)33-23-22-30(25-42(33)53-43)29-14-10-15-31(24-29)46-49-45(28-12-4-3-5-13-28)50-47(51-46)35-18-11-21-41-44(35)34-17-7-9-20-40(34)52-41;1-36(2)29-20-28-24-16-9-10-19-30(24)40-31(28)21-27(29)25-17-11-18-26(32(25)36)35-38-33(22-12-5-3-6-13-22)37-34(39-35)23-14-7-4-8-15-23/h5-29H,1-4H3;3-27H,1-2H3;3-21H,1-2H3. The van der Waals surface area contributed by atoms with Gasteiger partial charge in [-0.25, -0.2) is 44.9 Å². The molecule has 0 unspecified atom stereocenters. The lowest BCUT2D eigenvalue weighted by Gasteiger charge is -2.24. The SMILES string of the molecule is CC1(C)c2cc3c(cc2-c2cccc(-c4nc(-c5ccccc5)nc(-c5ccccc5)n4)c21)oc1ccccc13.CC1(C)c2ccccc2-c2cc3oc4cc(-c5cccc(-c6nc(-c7ccccc7)nc(-c7cccc8c7-c7ccccc7C8(C)C)n6)c5)ccc4c3cc21.CC1(C)c2ccccc2-c2cc3oc4cc(-c5cccc(-c6nc(-c7ccccc7)nc(-c7cccc8oc9ccccc9c78)n6)c5)ccc4c3cc21. The molecule has 0 saturated heterocycles. The third-order valence-electron chi connectivity index (χ3n) is 31.2. The van der Waals surface area contributed by atoms with Crippen LogP contribution in [-0.2, 0) is 21.7 Å². The highest BCUT2D eigenvalue weighted by Crippen LogP contribution is 2.58. The molecule has 0 amide bonds. The molecule has 0 atom stereocenters. The van der Waals surface area contributed by atoms with Crippen molar-refractivity contribution in [2.24, 2.45) is 0 Å². The largest absolute Gasteiger partial charge is 0.456 e. The van der Waals surface area contributed by atoms with E-state index < -0.39 is 0 Å². The average molecular weight is 1910 g/mol. The van der Waals surface area contributed by atoms with E-state index in [1.165, 1.54) is 89.0 Å². The highest BCUT2D eigenvalue weighted by atomic mass is 16.3. The summed E-state index contributed by atoms with van der Waals surface area (Å²) >= 11 is 0. The Morgan fingerprint density at radius 3 is 0.926 bits per heavy atom. The van der Waals surface area contributed by atoms with Gasteiger partial charge < -0.3 is 17.7 Å². The van der Waals surface area contributed by atoms with E-state index in [1.807, 2.05) is 152 Å². The Bertz CT molecular complexity index is 9950. The molecule has 7 heterocycles. The van der Waals surface area contributed by atoms with Gasteiger partial charge >= 0.3 is 0 Å². The molecule has 0 fully saturated rings. The van der Waals surface area contributed by atoms with Crippen molar-refractivity contribution in [2.75, 3.05) is 0 Å². The number of rotatable bonds is 11. The molecule has 0 radical (unpaired) electrons. The molecule has 702 valence electrons. The Morgan fingerprint density at radius 1 is 0.149 bits per heavy atom. The van der Waals surface area contributed by atoms with Crippen molar-refractivity contribution in [1.29, 1.82) is 0 Å². The molecule has 0 bridgehead atoms. The summed E-state index contributed by atoms with van der Waals surface area (Å²) in [6.07, 6.45) is 0. The Balaban J connectivity index is 0.000000108. The van der Waals surface area contributed by atoms with Gasteiger partial charge in [-0.2, -0.15) is 0 Å². The maximum absolute atomic E-state index is 6.61. The molecule has 0 N–H and O–H groups in total. The molecule has 0 saturated carbocycles. The van der Waals surface area contributed by atoms with Crippen molar-refractivity contribution >= 4 is 87.8 Å². The van der Waals surface area contributed by atoms with E-state index in [-0.39, 0.29) is 21.7 Å². The summed E-state index contributed by atoms with van der Waals surface area (Å²) in [5.74, 6) is 5.77. The van der Waals surface area contributed by atoms with Gasteiger partial charge in [0, 0.05) is 115 Å². The first kappa shape index (κ1) is 87.2. The maximum atomic E-state index is 6.61. The Kier molecular flexibility index (Phi) is 19.7. The van der Waals surface area contributed by atoms with Crippen LogP contribution in [0, 0.1) is 0 Å². The van der Waals surface area contributed by atoms with Crippen molar-refractivity contribution in [3.8, 4) is 169 Å². The van der Waals surface area contributed by atoms with E-state index in [0.717, 1.165) is 160 Å². The van der Waals surface area contributed by atoms with Gasteiger partial charge in [0.15, 0.2) is 52.4 Å². The summed E-state index contributed by atoms with van der Waals surface area (Å²) in [7, 11) is 0. The molecule has 4 aliphatic carbocycles. The van der Waals surface area contributed by atoms with E-state index in [9.17, 15) is 0 Å². The fraction of sp³-hybridized carbons (Fsp3) is 0.0889. The molecule has 7 aromatic heterocycles. The number of aromatic nitrogens is 9. The first-order chi connectivity index (χ1) is 72.3. The molecule has 0 spiro atoms. The minimum absolute atomic E-state index is 0.0685. The van der Waals surface area contributed by atoms with Crippen LogP contribution in [0.1, 0.15) is 99.9 Å². The van der Waals surface area contributed by atoms with Crippen LogP contribution in [-0.4, -0.2) is 44.9 Å². The summed E-state index contributed by atoms with van der Waals surface area (Å²) in [5.41, 5.74) is 39.8. The molecule has 4 aliphatic rings. The van der Waals surface area contributed by atoms with Crippen LogP contribution in [0.2, 0.25) is 0 Å². The van der Waals surface area contributed by atoms with Gasteiger partial charge in [-0.15, -0.1) is 0 Å². The molecule has 148 heavy (non-hydrogen) atoms. The lowest BCUT2D eigenvalue weighted by atomic mass is 9.79. The highest BCUT2D eigenvalue weighted by molar-refractivity contribution is 6.14. The predicted molar refractivity (Wildman–Crippen MR) is 599 cm³/mol. The van der Waals surface area contributed by atoms with Crippen LogP contribution >= 0.6 is 0 Å². The zero-order chi connectivity index (χ0) is 99.2. The van der Waals surface area contributed by atoms with Crippen LogP contribution < -0.4 is 0 Å². The summed E-state index contributed by atoms with van der Waals surface area (Å²) in [6, 6.07) is 146. The van der Waals surface area contributed by atoms with Crippen molar-refractivity contribution in [3.05, 3.63) is 463 Å². The van der Waals surface area contributed by atoms with Crippen molar-refractivity contribution in [1.82, 2.24) is 44.9 Å². The molecule has 19 aromatic carbocycles. The van der Waals surface area contributed by atoms with Gasteiger partial charge in [0.1, 0.15) is 44.7 Å². The Hall–Kier alpha value is -18.6. The molecule has 13 nitrogen and oxygen atoms in total. The van der Waals surface area contributed by atoms with Crippen LogP contribution in [0.25, 0.3) is 257 Å². The minimum atomic E-state index is -0.264. The number of para-hydroxylation sites is 2. The quantitative estimate of drug-likeness (QED) is 0.120. The van der Waals surface area contributed by atoms with Gasteiger partial charge in [-0.3, -0.25) is 0 Å². The third-order valence-corrected chi connectivity index (χ3v) is 31.2. The lowest BCUT2D eigenvalue weighted by molar-refractivity contribution is 0.657. The number of hydrogen-bond acceptors (Lipinski definition) is 13. The van der Waals surface area contributed by atoms with E-state index in [1.54, 1.807) is 0 Å². The number of furan rings is 4. The van der Waals surface area contributed by atoms with Crippen LogP contribution in [0.5, 0.6) is 0 Å². The number of hydrogen-bond donors (Lipinski definition) is 0. The molecular formula is C135H93N9O4. The summed E-state index contributed by atoms with van der Waals surface area (Å²) in [5, 5.41) is 8.85. The monoisotopic (exact) mass is 1900 g/mol. The first-order valence-electron chi connectivity index (χ1n) is 50.5. The van der Waals surface area contributed by atoms with E-state index >= 15 is 0 Å². The van der Waals surface area contributed by atoms with E-state index in [4.69, 9.17) is 62.5 Å². The van der Waals surface area contributed by atoms with Gasteiger partial charge in [-0.05, 0) is 202 Å². The molecule has 30 rings (SSSR count). The summed E-state index contributed by atoms with van der Waals surface area (Å²) in [6.45, 7) is 18.5. The third kappa shape index (κ3) is 14.1. The number of fused-ring (bicyclic) bond motifs is 24. The molecular weight excluding hydrogens is 1810 g/mol. The number of benzene rings is 19. The second-order valence-electron chi connectivity index (χ2n) is 41.3. The van der Waals surface area contributed by atoms with Crippen molar-refractivity contribution in [3.63, 3.8) is 0 Å². The van der Waals surface area contributed by atoms with Crippen molar-refractivity contribution in [2.45, 2.75) is 77.0 Å². The topological polar surface area (TPSA) is 169 Å². The predicted octanol–water partition coefficient (Wildman–Crippen LogP) is 34.8. The van der Waals surface area contributed by atoms with Gasteiger partial charge in [0.25, 0.3) is 0 Å².